The van der Waals surface area contributed by atoms with E-state index in [1.165, 1.54) is 6.07 Å². The highest BCUT2D eigenvalue weighted by Gasteiger charge is 2.11. The van der Waals surface area contributed by atoms with E-state index in [2.05, 4.69) is 5.32 Å². The highest BCUT2D eigenvalue weighted by molar-refractivity contribution is 5.49. The van der Waals surface area contributed by atoms with Crippen LogP contribution in [0, 0.1) is 12.7 Å². The van der Waals surface area contributed by atoms with Gasteiger partial charge in [0.2, 0.25) is 0 Å². The van der Waals surface area contributed by atoms with Crippen LogP contribution < -0.4 is 5.32 Å². The molecule has 0 fully saturated rings. The molecule has 0 radical (unpaired) electrons. The van der Waals surface area contributed by atoms with E-state index in [1.807, 2.05) is 26.0 Å². The topological polar surface area (TPSA) is 32.3 Å². The number of halogens is 1. The van der Waals surface area contributed by atoms with Crippen molar-refractivity contribution in [2.75, 3.05) is 5.32 Å². The van der Waals surface area contributed by atoms with E-state index in [0.29, 0.717) is 5.69 Å². The zero-order chi connectivity index (χ0) is 13.8. The van der Waals surface area contributed by atoms with E-state index in [-0.39, 0.29) is 17.6 Å². The van der Waals surface area contributed by atoms with Gasteiger partial charge in [0.05, 0.1) is 11.7 Å². The lowest BCUT2D eigenvalue weighted by Gasteiger charge is -2.19. The summed E-state index contributed by atoms with van der Waals surface area (Å²) < 4.78 is 13.7. The van der Waals surface area contributed by atoms with Crippen LogP contribution in [0.5, 0.6) is 5.75 Å². The molecule has 2 rings (SSSR count). The molecule has 0 saturated heterocycles. The molecule has 0 amide bonds. The van der Waals surface area contributed by atoms with Gasteiger partial charge in [-0.25, -0.2) is 4.39 Å². The summed E-state index contributed by atoms with van der Waals surface area (Å²) in [4.78, 5) is 0. The Labute approximate surface area is 112 Å². The zero-order valence-electron chi connectivity index (χ0n) is 11.2. The molecular formula is C16H18FNO. The number of aromatic hydroxyl groups is 1. The maximum atomic E-state index is 13.7. The van der Waals surface area contributed by atoms with E-state index in [1.54, 1.807) is 24.3 Å². The second-order valence-corrected chi connectivity index (χ2v) is 4.68. The second kappa shape index (κ2) is 5.74. The molecule has 2 nitrogen and oxygen atoms in total. The minimum absolute atomic E-state index is 0.0249. The molecule has 3 heteroatoms. The summed E-state index contributed by atoms with van der Waals surface area (Å²) in [6.07, 6.45) is 0.832. The van der Waals surface area contributed by atoms with Crippen molar-refractivity contribution in [2.45, 2.75) is 26.3 Å². The molecule has 1 unspecified atom stereocenters. The Morgan fingerprint density at radius 3 is 2.47 bits per heavy atom. The summed E-state index contributed by atoms with van der Waals surface area (Å²) in [5.41, 5.74) is 2.56. The van der Waals surface area contributed by atoms with Crippen molar-refractivity contribution in [3.8, 4) is 5.75 Å². The normalized spacial score (nSPS) is 12.2. The van der Waals surface area contributed by atoms with Crippen molar-refractivity contribution in [3.63, 3.8) is 0 Å². The third-order valence-corrected chi connectivity index (χ3v) is 3.16. The van der Waals surface area contributed by atoms with Gasteiger partial charge in [0.1, 0.15) is 11.6 Å². The van der Waals surface area contributed by atoms with Crippen LogP contribution in [0.15, 0.2) is 42.5 Å². The summed E-state index contributed by atoms with van der Waals surface area (Å²) in [7, 11) is 0. The van der Waals surface area contributed by atoms with E-state index < -0.39 is 0 Å². The standard InChI is InChI=1S/C16H18FNO/c1-3-15(12-5-7-13(19)8-6-12)18-16-10-11(2)4-9-14(16)17/h4-10,15,18-19H,3H2,1-2H3. The monoisotopic (exact) mass is 259 g/mol. The number of hydrogen-bond acceptors (Lipinski definition) is 2. The van der Waals surface area contributed by atoms with Gasteiger partial charge in [0.15, 0.2) is 0 Å². The molecule has 0 aliphatic rings. The number of hydrogen-bond donors (Lipinski definition) is 2. The average molecular weight is 259 g/mol. The molecular weight excluding hydrogens is 241 g/mol. The third kappa shape index (κ3) is 3.25. The Kier molecular flexibility index (Phi) is 4.05. The SMILES string of the molecule is CCC(Nc1cc(C)ccc1F)c1ccc(O)cc1. The molecule has 0 aliphatic carbocycles. The lowest BCUT2D eigenvalue weighted by atomic mass is 10.0. The lowest BCUT2D eigenvalue weighted by molar-refractivity contribution is 0.475. The van der Waals surface area contributed by atoms with Gasteiger partial charge in [-0.1, -0.05) is 25.1 Å². The zero-order valence-corrected chi connectivity index (χ0v) is 11.2. The van der Waals surface area contributed by atoms with E-state index in [4.69, 9.17) is 0 Å². The Hall–Kier alpha value is -2.03. The largest absolute Gasteiger partial charge is 0.508 e. The van der Waals surface area contributed by atoms with Gasteiger partial charge >= 0.3 is 0 Å². The van der Waals surface area contributed by atoms with Gasteiger partial charge < -0.3 is 10.4 Å². The first-order valence-corrected chi connectivity index (χ1v) is 6.41. The van der Waals surface area contributed by atoms with Gasteiger partial charge in [0, 0.05) is 0 Å². The van der Waals surface area contributed by atoms with Crippen molar-refractivity contribution in [2.24, 2.45) is 0 Å². The van der Waals surface area contributed by atoms with Gasteiger partial charge in [-0.05, 0) is 48.7 Å². The summed E-state index contributed by atoms with van der Waals surface area (Å²) in [5, 5.41) is 12.5. The highest BCUT2D eigenvalue weighted by atomic mass is 19.1. The maximum Gasteiger partial charge on any atom is 0.146 e. The van der Waals surface area contributed by atoms with Gasteiger partial charge in [-0.15, -0.1) is 0 Å². The molecule has 1 atom stereocenters. The first-order valence-electron chi connectivity index (χ1n) is 6.41. The summed E-state index contributed by atoms with van der Waals surface area (Å²) in [6.45, 7) is 3.98. The third-order valence-electron chi connectivity index (χ3n) is 3.16. The fourth-order valence-electron chi connectivity index (χ4n) is 2.07. The van der Waals surface area contributed by atoms with Crippen LogP contribution in [0.2, 0.25) is 0 Å². The predicted molar refractivity (Wildman–Crippen MR) is 75.9 cm³/mol. The Morgan fingerprint density at radius 1 is 1.16 bits per heavy atom. The molecule has 2 aromatic carbocycles. The number of nitrogens with one attached hydrogen (secondary N) is 1. The van der Waals surface area contributed by atoms with Crippen molar-refractivity contribution in [1.82, 2.24) is 0 Å². The summed E-state index contributed by atoms with van der Waals surface area (Å²) >= 11 is 0. The number of phenols is 1. The van der Waals surface area contributed by atoms with E-state index in [9.17, 15) is 9.50 Å². The quantitative estimate of drug-likeness (QED) is 0.852. The van der Waals surface area contributed by atoms with E-state index >= 15 is 0 Å². The maximum absolute atomic E-state index is 13.7. The first-order chi connectivity index (χ1) is 9.10. The van der Waals surface area contributed by atoms with Crippen molar-refractivity contribution >= 4 is 5.69 Å². The van der Waals surface area contributed by atoms with Crippen LogP contribution in [0.1, 0.15) is 30.5 Å². The summed E-state index contributed by atoms with van der Waals surface area (Å²) in [6, 6.07) is 12.0. The lowest BCUT2D eigenvalue weighted by Crippen LogP contribution is -2.10. The van der Waals surface area contributed by atoms with Crippen LogP contribution >= 0.6 is 0 Å². The predicted octanol–water partition coefficient (Wildman–Crippen LogP) is 4.40. The second-order valence-electron chi connectivity index (χ2n) is 4.68. The molecule has 0 aromatic heterocycles. The molecule has 2 aromatic rings. The number of anilines is 1. The molecule has 0 bridgehead atoms. The van der Waals surface area contributed by atoms with Crippen molar-refractivity contribution in [1.29, 1.82) is 0 Å². The minimum Gasteiger partial charge on any atom is -0.508 e. The highest BCUT2D eigenvalue weighted by Crippen LogP contribution is 2.26. The number of aryl methyl sites for hydroxylation is 1. The average Bonchev–Trinajstić information content (AvgIpc) is 2.41. The van der Waals surface area contributed by atoms with Crippen LogP contribution in [0.25, 0.3) is 0 Å². The molecule has 0 saturated carbocycles. The Bertz CT molecular complexity index is 551. The Morgan fingerprint density at radius 2 is 1.84 bits per heavy atom. The fourth-order valence-corrected chi connectivity index (χ4v) is 2.07. The van der Waals surface area contributed by atoms with Gasteiger partial charge in [0.25, 0.3) is 0 Å². The Balaban J connectivity index is 2.23. The molecule has 0 spiro atoms. The van der Waals surface area contributed by atoms with E-state index in [0.717, 1.165) is 17.5 Å². The van der Waals surface area contributed by atoms with Gasteiger partial charge in [-0.3, -0.25) is 0 Å². The smallest absolute Gasteiger partial charge is 0.146 e. The fraction of sp³-hybridized carbons (Fsp3) is 0.250. The van der Waals surface area contributed by atoms with Crippen LogP contribution in [0.4, 0.5) is 10.1 Å². The number of rotatable bonds is 4. The summed E-state index contributed by atoms with van der Waals surface area (Å²) in [5.74, 6) is -0.0110. The number of benzene rings is 2. The van der Waals surface area contributed by atoms with Crippen molar-refractivity contribution in [3.05, 3.63) is 59.4 Å². The number of phenolic OH excluding ortho intramolecular Hbond substituents is 1. The molecule has 2 N–H and O–H groups in total. The first kappa shape index (κ1) is 13.4. The molecule has 0 aliphatic heterocycles. The molecule has 100 valence electrons. The molecule has 19 heavy (non-hydrogen) atoms. The van der Waals surface area contributed by atoms with Crippen LogP contribution in [-0.2, 0) is 0 Å². The van der Waals surface area contributed by atoms with Gasteiger partial charge in [-0.2, -0.15) is 0 Å². The van der Waals surface area contributed by atoms with Crippen LogP contribution in [0.3, 0.4) is 0 Å². The minimum atomic E-state index is -0.247. The van der Waals surface area contributed by atoms with Crippen molar-refractivity contribution < 1.29 is 9.50 Å². The molecule has 0 heterocycles. The van der Waals surface area contributed by atoms with Crippen LogP contribution in [-0.4, -0.2) is 5.11 Å².